The predicted octanol–water partition coefficient (Wildman–Crippen LogP) is 1.58. The van der Waals surface area contributed by atoms with Gasteiger partial charge in [0.1, 0.15) is 5.75 Å². The summed E-state index contributed by atoms with van der Waals surface area (Å²) in [6.45, 7) is 4.87. The van der Waals surface area contributed by atoms with E-state index < -0.39 is 8.07 Å². The van der Waals surface area contributed by atoms with E-state index in [-0.39, 0.29) is 0 Å². The molecule has 82 valence electrons. The normalized spacial score (nSPS) is 19.9. The van der Waals surface area contributed by atoms with Crippen molar-refractivity contribution in [3.63, 3.8) is 0 Å². The predicted molar refractivity (Wildman–Crippen MR) is 66.7 cm³/mol. The number of methoxy groups -OCH3 is 1. The van der Waals surface area contributed by atoms with E-state index in [4.69, 9.17) is 4.74 Å². The fourth-order valence-corrected chi connectivity index (χ4v) is 5.52. The SMILES string of the molecule is COc1ccc([Si]2(C)CCNCC2)cc1. The van der Waals surface area contributed by atoms with E-state index in [1.54, 1.807) is 12.3 Å². The summed E-state index contributed by atoms with van der Waals surface area (Å²) < 4.78 is 5.19. The van der Waals surface area contributed by atoms with Gasteiger partial charge in [0.2, 0.25) is 0 Å². The van der Waals surface area contributed by atoms with Gasteiger partial charge in [-0.2, -0.15) is 0 Å². The highest BCUT2D eigenvalue weighted by atomic mass is 28.3. The largest absolute Gasteiger partial charge is 0.497 e. The zero-order valence-corrected chi connectivity index (χ0v) is 10.5. The molecule has 0 aromatic heterocycles. The van der Waals surface area contributed by atoms with Crippen molar-refractivity contribution in [3.8, 4) is 5.75 Å². The van der Waals surface area contributed by atoms with Crippen LogP contribution in [0.2, 0.25) is 18.6 Å². The fraction of sp³-hybridized carbons (Fsp3) is 0.500. The Morgan fingerprint density at radius 2 is 1.73 bits per heavy atom. The van der Waals surface area contributed by atoms with Crippen LogP contribution in [0.4, 0.5) is 0 Å². The maximum Gasteiger partial charge on any atom is 0.118 e. The van der Waals surface area contributed by atoms with Gasteiger partial charge in [-0.1, -0.05) is 23.9 Å². The van der Waals surface area contributed by atoms with Crippen LogP contribution >= 0.6 is 0 Å². The molecule has 1 saturated heterocycles. The van der Waals surface area contributed by atoms with Crippen molar-refractivity contribution in [2.45, 2.75) is 18.6 Å². The van der Waals surface area contributed by atoms with Gasteiger partial charge in [0, 0.05) is 0 Å². The lowest BCUT2D eigenvalue weighted by molar-refractivity contribution is 0.415. The van der Waals surface area contributed by atoms with E-state index in [0.29, 0.717) is 0 Å². The molecule has 1 aromatic rings. The van der Waals surface area contributed by atoms with Gasteiger partial charge in [0.05, 0.1) is 15.2 Å². The Balaban J connectivity index is 2.20. The first-order chi connectivity index (χ1) is 7.24. The van der Waals surface area contributed by atoms with Crippen LogP contribution in [0.25, 0.3) is 0 Å². The lowest BCUT2D eigenvalue weighted by atomic mass is 10.3. The highest BCUT2D eigenvalue weighted by Gasteiger charge is 2.30. The molecule has 1 aromatic carbocycles. The quantitative estimate of drug-likeness (QED) is 0.766. The third-order valence-electron chi connectivity index (χ3n) is 3.49. The fourth-order valence-electron chi connectivity index (χ4n) is 2.26. The van der Waals surface area contributed by atoms with Gasteiger partial charge in [-0.15, -0.1) is 0 Å². The molecule has 0 aliphatic carbocycles. The van der Waals surface area contributed by atoms with Gasteiger partial charge < -0.3 is 10.1 Å². The molecular weight excluding hydrogens is 202 g/mol. The summed E-state index contributed by atoms with van der Waals surface area (Å²) in [5.74, 6) is 0.963. The maximum absolute atomic E-state index is 5.19. The number of hydrogen-bond acceptors (Lipinski definition) is 2. The highest BCUT2D eigenvalue weighted by Crippen LogP contribution is 2.19. The van der Waals surface area contributed by atoms with Gasteiger partial charge >= 0.3 is 0 Å². The molecule has 2 rings (SSSR count). The first kappa shape index (κ1) is 10.7. The van der Waals surface area contributed by atoms with Gasteiger partial charge in [-0.3, -0.25) is 0 Å². The van der Waals surface area contributed by atoms with Crippen LogP contribution < -0.4 is 15.2 Å². The van der Waals surface area contributed by atoms with E-state index >= 15 is 0 Å². The number of benzene rings is 1. The van der Waals surface area contributed by atoms with Gasteiger partial charge in [-0.05, 0) is 37.3 Å². The van der Waals surface area contributed by atoms with Crippen molar-refractivity contribution in [3.05, 3.63) is 24.3 Å². The second-order valence-corrected chi connectivity index (χ2v) is 9.24. The molecule has 1 aliphatic rings. The minimum atomic E-state index is -1.17. The van der Waals surface area contributed by atoms with Crippen molar-refractivity contribution in [2.24, 2.45) is 0 Å². The summed E-state index contributed by atoms with van der Waals surface area (Å²) in [5.41, 5.74) is 0. The molecule has 0 bridgehead atoms. The monoisotopic (exact) mass is 221 g/mol. The van der Waals surface area contributed by atoms with Crippen molar-refractivity contribution < 1.29 is 4.74 Å². The topological polar surface area (TPSA) is 21.3 Å². The molecule has 1 fully saturated rings. The van der Waals surface area contributed by atoms with Gasteiger partial charge in [-0.25, -0.2) is 0 Å². The molecule has 1 heterocycles. The van der Waals surface area contributed by atoms with Gasteiger partial charge in [0.25, 0.3) is 0 Å². The Hall–Kier alpha value is -0.803. The van der Waals surface area contributed by atoms with Crippen LogP contribution in [0.15, 0.2) is 24.3 Å². The van der Waals surface area contributed by atoms with Crippen LogP contribution in [-0.2, 0) is 0 Å². The molecule has 0 amide bonds. The second-order valence-electron chi connectivity index (χ2n) is 4.54. The Kier molecular flexibility index (Phi) is 3.12. The average Bonchev–Trinajstić information content (AvgIpc) is 2.30. The van der Waals surface area contributed by atoms with Crippen LogP contribution in [0.1, 0.15) is 0 Å². The smallest absolute Gasteiger partial charge is 0.118 e. The van der Waals surface area contributed by atoms with Crippen LogP contribution in [-0.4, -0.2) is 28.3 Å². The van der Waals surface area contributed by atoms with Gasteiger partial charge in [0.15, 0.2) is 0 Å². The third kappa shape index (κ3) is 2.24. The van der Waals surface area contributed by atoms with E-state index in [9.17, 15) is 0 Å². The van der Waals surface area contributed by atoms with Crippen molar-refractivity contribution in [1.29, 1.82) is 0 Å². The molecule has 1 N–H and O–H groups in total. The second kappa shape index (κ2) is 4.37. The molecule has 0 atom stereocenters. The molecule has 3 heteroatoms. The summed E-state index contributed by atoms with van der Waals surface area (Å²) in [4.78, 5) is 0. The first-order valence-electron chi connectivity index (χ1n) is 5.60. The number of rotatable bonds is 2. The standard InChI is InChI=1S/C12H19NOSi/c1-14-11-3-5-12(6-4-11)15(2)9-7-13-8-10-15/h3-6,13H,7-10H2,1-2H3. The third-order valence-corrected chi connectivity index (χ3v) is 7.93. The average molecular weight is 221 g/mol. The minimum absolute atomic E-state index is 0.963. The minimum Gasteiger partial charge on any atom is -0.497 e. The number of ether oxygens (including phenoxy) is 1. The zero-order chi connectivity index (χ0) is 10.7. The van der Waals surface area contributed by atoms with Crippen LogP contribution in [0, 0.1) is 0 Å². The van der Waals surface area contributed by atoms with E-state index in [1.165, 1.54) is 25.2 Å². The summed E-state index contributed by atoms with van der Waals surface area (Å²) >= 11 is 0. The molecule has 15 heavy (non-hydrogen) atoms. The van der Waals surface area contributed by atoms with Crippen molar-refractivity contribution in [2.75, 3.05) is 20.2 Å². The molecule has 0 saturated carbocycles. The lowest BCUT2D eigenvalue weighted by Gasteiger charge is -2.32. The molecule has 0 radical (unpaired) electrons. The lowest BCUT2D eigenvalue weighted by Crippen LogP contribution is -2.51. The molecule has 0 unspecified atom stereocenters. The summed E-state index contributed by atoms with van der Waals surface area (Å²) in [5, 5.41) is 5.02. The van der Waals surface area contributed by atoms with E-state index in [1.807, 2.05) is 0 Å². The first-order valence-corrected chi connectivity index (χ1v) is 8.51. The van der Waals surface area contributed by atoms with Crippen LogP contribution in [0.3, 0.4) is 0 Å². The Labute approximate surface area is 92.7 Å². The number of hydrogen-bond donors (Lipinski definition) is 1. The highest BCUT2D eigenvalue weighted by molar-refractivity contribution is 6.91. The zero-order valence-electron chi connectivity index (χ0n) is 9.55. The van der Waals surface area contributed by atoms with Crippen LogP contribution in [0.5, 0.6) is 5.75 Å². The molecular formula is C12H19NOSi. The Morgan fingerprint density at radius 1 is 1.13 bits per heavy atom. The van der Waals surface area contributed by atoms with E-state index in [2.05, 4.69) is 36.1 Å². The van der Waals surface area contributed by atoms with E-state index in [0.717, 1.165) is 5.75 Å². The molecule has 0 spiro atoms. The van der Waals surface area contributed by atoms with Crippen molar-refractivity contribution in [1.82, 2.24) is 5.32 Å². The summed E-state index contributed by atoms with van der Waals surface area (Å²) in [6, 6.07) is 11.4. The molecule has 1 aliphatic heterocycles. The summed E-state index contributed by atoms with van der Waals surface area (Å²) in [7, 11) is 0.554. The molecule has 2 nitrogen and oxygen atoms in total. The summed E-state index contributed by atoms with van der Waals surface area (Å²) in [6.07, 6.45) is 0. The Morgan fingerprint density at radius 3 is 2.27 bits per heavy atom. The number of nitrogens with one attached hydrogen (secondary N) is 1. The maximum atomic E-state index is 5.19. The van der Waals surface area contributed by atoms with Crippen molar-refractivity contribution >= 4 is 13.3 Å². The Bertz CT molecular complexity index is 317.